The first kappa shape index (κ1) is 15.2. The van der Waals surface area contributed by atoms with Crippen molar-refractivity contribution >= 4 is 18.0 Å². The van der Waals surface area contributed by atoms with E-state index in [4.69, 9.17) is 0 Å². The Bertz CT molecular complexity index is 392. The highest BCUT2D eigenvalue weighted by Crippen LogP contribution is 2.48. The van der Waals surface area contributed by atoms with Gasteiger partial charge in [-0.1, -0.05) is 6.42 Å². The molecule has 0 spiro atoms. The fourth-order valence-electron chi connectivity index (χ4n) is 3.76. The third-order valence-electron chi connectivity index (χ3n) is 4.84. The van der Waals surface area contributed by atoms with Gasteiger partial charge in [0.2, 0.25) is 0 Å². The molecule has 0 saturated heterocycles. The van der Waals surface area contributed by atoms with E-state index in [2.05, 4.69) is 4.74 Å². The largest absolute Gasteiger partial charge is 0.469 e. The van der Waals surface area contributed by atoms with Crippen LogP contribution in [0.25, 0.3) is 0 Å². The minimum Gasteiger partial charge on any atom is -0.469 e. The van der Waals surface area contributed by atoms with E-state index in [1.165, 1.54) is 7.11 Å². The molecule has 2 saturated carbocycles. The van der Waals surface area contributed by atoms with Crippen molar-refractivity contribution in [3.63, 3.8) is 0 Å². The van der Waals surface area contributed by atoms with Crippen LogP contribution in [0.1, 0.15) is 38.5 Å². The summed E-state index contributed by atoms with van der Waals surface area (Å²) in [6.07, 6.45) is 4.01. The van der Waals surface area contributed by atoms with Gasteiger partial charge in [-0.25, -0.2) is 0 Å². The second-order valence-corrected chi connectivity index (χ2v) is 5.94. The number of methoxy groups -OCH3 is 1. The van der Waals surface area contributed by atoms with Crippen LogP contribution >= 0.6 is 0 Å². The van der Waals surface area contributed by atoms with Gasteiger partial charge >= 0.3 is 5.97 Å². The molecule has 2 rings (SSSR count). The number of Topliss-reactive ketones (excluding diaryl/α,β-unsaturated/α-hetero) is 1. The van der Waals surface area contributed by atoms with Crippen LogP contribution < -0.4 is 0 Å². The molecule has 5 heteroatoms. The first-order valence-electron chi connectivity index (χ1n) is 7.32. The van der Waals surface area contributed by atoms with Gasteiger partial charge in [-0.3, -0.25) is 9.59 Å². The molecule has 1 N–H and O–H groups in total. The molecule has 0 amide bonds. The summed E-state index contributed by atoms with van der Waals surface area (Å²) < 4.78 is 4.57. The fourth-order valence-corrected chi connectivity index (χ4v) is 3.76. The minimum absolute atomic E-state index is 0.00223. The Kier molecular flexibility index (Phi) is 4.91. The Morgan fingerprint density at radius 3 is 2.80 bits per heavy atom. The number of rotatable bonds is 6. The third-order valence-corrected chi connectivity index (χ3v) is 4.84. The standard InChI is InChI=1S/C15H22O5/c1-20-14(18)5-3-2-4-9-6-10-11(15(9)19)7-13(17)12(10)8-16/h8-13,17H,2-7H2,1H3. The molecule has 2 aliphatic rings. The number of carbonyl (C=O) groups is 3. The molecule has 0 heterocycles. The van der Waals surface area contributed by atoms with Gasteiger partial charge < -0.3 is 14.6 Å². The number of fused-ring (bicyclic) bond motifs is 1. The van der Waals surface area contributed by atoms with Crippen LogP contribution in [0.4, 0.5) is 0 Å². The fraction of sp³-hybridized carbons (Fsp3) is 0.800. The molecule has 0 aliphatic heterocycles. The predicted molar refractivity (Wildman–Crippen MR) is 70.8 cm³/mol. The maximum atomic E-state index is 12.3. The summed E-state index contributed by atoms with van der Waals surface area (Å²) in [5.74, 6) is -0.492. The van der Waals surface area contributed by atoms with E-state index < -0.39 is 6.10 Å². The smallest absolute Gasteiger partial charge is 0.305 e. The van der Waals surface area contributed by atoms with Crippen LogP contribution in [0.3, 0.4) is 0 Å². The van der Waals surface area contributed by atoms with Crippen LogP contribution in [0, 0.1) is 23.7 Å². The lowest BCUT2D eigenvalue weighted by Crippen LogP contribution is -2.21. The molecule has 5 atom stereocenters. The lowest BCUT2D eigenvalue weighted by molar-refractivity contribution is -0.140. The van der Waals surface area contributed by atoms with Crippen LogP contribution in [0.5, 0.6) is 0 Å². The molecular weight excluding hydrogens is 260 g/mol. The number of ether oxygens (including phenoxy) is 1. The second kappa shape index (κ2) is 6.48. The zero-order chi connectivity index (χ0) is 14.7. The average Bonchev–Trinajstić information content (AvgIpc) is 2.90. The lowest BCUT2D eigenvalue weighted by Gasteiger charge is -2.15. The normalized spacial score (nSPS) is 35.9. The molecule has 0 aromatic rings. The summed E-state index contributed by atoms with van der Waals surface area (Å²) in [4.78, 5) is 34.3. The molecule has 20 heavy (non-hydrogen) atoms. The first-order chi connectivity index (χ1) is 9.58. The van der Waals surface area contributed by atoms with Crippen LogP contribution in [0.15, 0.2) is 0 Å². The Labute approximate surface area is 118 Å². The van der Waals surface area contributed by atoms with E-state index in [-0.39, 0.29) is 35.4 Å². The van der Waals surface area contributed by atoms with E-state index >= 15 is 0 Å². The van der Waals surface area contributed by atoms with Gasteiger partial charge in [-0.05, 0) is 31.6 Å². The number of hydrogen-bond acceptors (Lipinski definition) is 5. The van der Waals surface area contributed by atoms with Gasteiger partial charge in [-0.15, -0.1) is 0 Å². The number of hydrogen-bond donors (Lipinski definition) is 1. The maximum Gasteiger partial charge on any atom is 0.305 e. The molecule has 0 aromatic carbocycles. The van der Waals surface area contributed by atoms with E-state index in [1.54, 1.807) is 0 Å². The summed E-state index contributed by atoms with van der Waals surface area (Å²) in [5, 5.41) is 9.77. The van der Waals surface area contributed by atoms with Gasteiger partial charge in [0.15, 0.2) is 0 Å². The van der Waals surface area contributed by atoms with E-state index in [9.17, 15) is 19.5 Å². The minimum atomic E-state index is -0.647. The molecule has 0 bridgehead atoms. The van der Waals surface area contributed by atoms with E-state index in [1.807, 2.05) is 0 Å². The molecule has 2 fully saturated rings. The van der Waals surface area contributed by atoms with Gasteiger partial charge in [0.25, 0.3) is 0 Å². The lowest BCUT2D eigenvalue weighted by atomic mass is 9.90. The molecule has 0 radical (unpaired) electrons. The van der Waals surface area contributed by atoms with Crippen LogP contribution in [0.2, 0.25) is 0 Å². The van der Waals surface area contributed by atoms with Crippen LogP contribution in [-0.4, -0.2) is 36.4 Å². The highest BCUT2D eigenvalue weighted by Gasteiger charge is 2.52. The third kappa shape index (κ3) is 2.92. The summed E-state index contributed by atoms with van der Waals surface area (Å²) in [5.41, 5.74) is 0. The first-order valence-corrected chi connectivity index (χ1v) is 7.32. The second-order valence-electron chi connectivity index (χ2n) is 5.94. The Balaban J connectivity index is 1.80. The van der Waals surface area contributed by atoms with Crippen molar-refractivity contribution in [3.8, 4) is 0 Å². The van der Waals surface area contributed by atoms with Crippen LogP contribution in [-0.2, 0) is 19.1 Å². The number of esters is 1. The van der Waals surface area contributed by atoms with Crippen molar-refractivity contribution in [2.45, 2.75) is 44.6 Å². The molecule has 5 unspecified atom stereocenters. The molecule has 112 valence electrons. The molecule has 5 nitrogen and oxygen atoms in total. The highest BCUT2D eigenvalue weighted by molar-refractivity contribution is 5.87. The zero-order valence-electron chi connectivity index (χ0n) is 11.8. The Morgan fingerprint density at radius 2 is 2.15 bits per heavy atom. The number of aliphatic hydroxyl groups excluding tert-OH is 1. The number of aliphatic hydroxyl groups is 1. The predicted octanol–water partition coefficient (Wildman–Crippen LogP) is 1.12. The van der Waals surface area contributed by atoms with Gasteiger partial charge in [0, 0.05) is 24.2 Å². The molecular formula is C15H22O5. The van der Waals surface area contributed by atoms with Crippen molar-refractivity contribution in [2.24, 2.45) is 23.7 Å². The summed E-state index contributed by atoms with van der Waals surface area (Å²) in [6, 6.07) is 0. The monoisotopic (exact) mass is 282 g/mol. The number of unbranched alkanes of at least 4 members (excludes halogenated alkanes) is 1. The van der Waals surface area contributed by atoms with Gasteiger partial charge in [-0.2, -0.15) is 0 Å². The zero-order valence-corrected chi connectivity index (χ0v) is 11.8. The van der Waals surface area contributed by atoms with Gasteiger partial charge in [0.05, 0.1) is 13.2 Å². The quantitative estimate of drug-likeness (QED) is 0.448. The van der Waals surface area contributed by atoms with Crippen molar-refractivity contribution in [1.29, 1.82) is 0 Å². The summed E-state index contributed by atoms with van der Waals surface area (Å²) >= 11 is 0. The number of aldehydes is 1. The Morgan fingerprint density at radius 1 is 1.40 bits per heavy atom. The average molecular weight is 282 g/mol. The SMILES string of the molecule is COC(=O)CCCCC1CC2C(CC(O)C2C=O)C1=O. The van der Waals surface area contributed by atoms with E-state index in [0.717, 1.165) is 25.5 Å². The van der Waals surface area contributed by atoms with Crippen molar-refractivity contribution in [2.75, 3.05) is 7.11 Å². The highest BCUT2D eigenvalue weighted by atomic mass is 16.5. The van der Waals surface area contributed by atoms with Crippen molar-refractivity contribution in [1.82, 2.24) is 0 Å². The van der Waals surface area contributed by atoms with E-state index in [0.29, 0.717) is 19.3 Å². The number of ketones is 1. The van der Waals surface area contributed by atoms with Crippen molar-refractivity contribution in [3.05, 3.63) is 0 Å². The summed E-state index contributed by atoms with van der Waals surface area (Å²) in [7, 11) is 1.37. The molecule has 0 aromatic heterocycles. The summed E-state index contributed by atoms with van der Waals surface area (Å²) in [6.45, 7) is 0. The maximum absolute atomic E-state index is 12.3. The topological polar surface area (TPSA) is 80.7 Å². The number of carbonyl (C=O) groups excluding carboxylic acids is 3. The van der Waals surface area contributed by atoms with Crippen molar-refractivity contribution < 1.29 is 24.2 Å². The Hall–Kier alpha value is -1.23. The van der Waals surface area contributed by atoms with Gasteiger partial charge in [0.1, 0.15) is 12.1 Å². The molecule has 2 aliphatic carbocycles.